The summed E-state index contributed by atoms with van der Waals surface area (Å²) in [6.45, 7) is 4.37. The van der Waals surface area contributed by atoms with Crippen molar-refractivity contribution in [2.24, 2.45) is 0 Å². The van der Waals surface area contributed by atoms with Gasteiger partial charge in [-0.2, -0.15) is 0 Å². The number of anilines is 3. The van der Waals surface area contributed by atoms with Gasteiger partial charge in [0.05, 0.1) is 0 Å². The van der Waals surface area contributed by atoms with Crippen molar-refractivity contribution < 1.29 is 0 Å². The Kier molecular flexibility index (Phi) is 4.22. The molecule has 1 saturated heterocycles. The molecule has 5 nitrogen and oxygen atoms in total. The Bertz CT molecular complexity index is 593. The lowest BCUT2D eigenvalue weighted by atomic mass is 10.2. The fourth-order valence-electron chi connectivity index (χ4n) is 2.37. The van der Waals surface area contributed by atoms with E-state index < -0.39 is 0 Å². The maximum absolute atomic E-state index is 5.78. The summed E-state index contributed by atoms with van der Waals surface area (Å²) in [4.78, 5) is 12.7. The molecule has 0 spiro atoms. The second-order valence-electron chi connectivity index (χ2n) is 5.17. The molecule has 21 heavy (non-hydrogen) atoms. The smallest absolute Gasteiger partial charge is 0.224 e. The molecular formula is C15H18ClN5. The van der Waals surface area contributed by atoms with Gasteiger partial charge in [-0.15, -0.1) is 0 Å². The Morgan fingerprint density at radius 3 is 2.43 bits per heavy atom. The zero-order valence-corrected chi connectivity index (χ0v) is 12.7. The molecule has 0 radical (unpaired) electrons. The Labute approximate surface area is 129 Å². The van der Waals surface area contributed by atoms with Crippen LogP contribution in [0.4, 0.5) is 17.2 Å². The van der Waals surface area contributed by atoms with Crippen molar-refractivity contribution in [3.8, 4) is 0 Å². The van der Waals surface area contributed by atoms with E-state index in [-0.39, 0.29) is 5.28 Å². The van der Waals surface area contributed by atoms with Gasteiger partial charge in [-0.25, -0.2) is 9.97 Å². The maximum Gasteiger partial charge on any atom is 0.224 e. The number of benzene rings is 1. The summed E-state index contributed by atoms with van der Waals surface area (Å²) in [5.41, 5.74) is 2.25. The minimum Gasteiger partial charge on any atom is -0.369 e. The quantitative estimate of drug-likeness (QED) is 0.883. The van der Waals surface area contributed by atoms with E-state index in [1.54, 1.807) is 12.3 Å². The van der Waals surface area contributed by atoms with Crippen LogP contribution in [0.25, 0.3) is 0 Å². The minimum atomic E-state index is 0.244. The van der Waals surface area contributed by atoms with Gasteiger partial charge in [0.15, 0.2) is 0 Å². The van der Waals surface area contributed by atoms with E-state index in [2.05, 4.69) is 56.4 Å². The molecule has 2 aromatic rings. The summed E-state index contributed by atoms with van der Waals surface area (Å²) >= 11 is 5.78. The van der Waals surface area contributed by atoms with Gasteiger partial charge in [0, 0.05) is 43.8 Å². The van der Waals surface area contributed by atoms with Crippen LogP contribution in [0.1, 0.15) is 0 Å². The van der Waals surface area contributed by atoms with Crippen molar-refractivity contribution in [3.05, 3.63) is 41.8 Å². The zero-order valence-electron chi connectivity index (χ0n) is 12.0. The highest BCUT2D eigenvalue weighted by Gasteiger charge is 2.13. The van der Waals surface area contributed by atoms with Crippen LogP contribution in [-0.2, 0) is 0 Å². The SMILES string of the molecule is CN1CCN(c2ccc(Nc3ccnc(Cl)n3)cc2)CC1. The molecule has 1 aliphatic rings. The van der Waals surface area contributed by atoms with E-state index in [9.17, 15) is 0 Å². The molecular weight excluding hydrogens is 286 g/mol. The van der Waals surface area contributed by atoms with E-state index in [1.807, 2.05) is 0 Å². The van der Waals surface area contributed by atoms with Crippen LogP contribution in [0.3, 0.4) is 0 Å². The molecule has 0 bridgehead atoms. The summed E-state index contributed by atoms with van der Waals surface area (Å²) in [7, 11) is 2.16. The predicted molar refractivity (Wildman–Crippen MR) is 86.5 cm³/mol. The standard InChI is InChI=1S/C15H18ClN5/c1-20-8-10-21(11-9-20)13-4-2-12(3-5-13)18-14-6-7-17-15(16)19-14/h2-7H,8-11H2,1H3,(H,17,18,19). The predicted octanol–water partition coefficient (Wildman–Crippen LogP) is 2.63. The number of hydrogen-bond acceptors (Lipinski definition) is 5. The van der Waals surface area contributed by atoms with Crippen molar-refractivity contribution in [2.45, 2.75) is 0 Å². The van der Waals surface area contributed by atoms with Gasteiger partial charge in [0.1, 0.15) is 5.82 Å². The molecule has 2 heterocycles. The molecule has 110 valence electrons. The molecule has 0 amide bonds. The molecule has 0 saturated carbocycles. The lowest BCUT2D eigenvalue weighted by molar-refractivity contribution is 0.313. The number of rotatable bonds is 3. The van der Waals surface area contributed by atoms with Crippen LogP contribution < -0.4 is 10.2 Å². The largest absolute Gasteiger partial charge is 0.369 e. The fraction of sp³-hybridized carbons (Fsp3) is 0.333. The number of halogens is 1. The first-order valence-electron chi connectivity index (χ1n) is 7.00. The van der Waals surface area contributed by atoms with Gasteiger partial charge in [0.25, 0.3) is 0 Å². The lowest BCUT2D eigenvalue weighted by Gasteiger charge is -2.34. The van der Waals surface area contributed by atoms with E-state index in [0.29, 0.717) is 5.82 Å². The molecule has 1 N–H and O–H groups in total. The van der Waals surface area contributed by atoms with Gasteiger partial charge < -0.3 is 15.1 Å². The van der Waals surface area contributed by atoms with E-state index in [1.165, 1.54) is 5.69 Å². The van der Waals surface area contributed by atoms with E-state index in [4.69, 9.17) is 11.6 Å². The molecule has 3 rings (SSSR count). The molecule has 1 aromatic carbocycles. The molecule has 1 aliphatic heterocycles. The Hall–Kier alpha value is -1.85. The monoisotopic (exact) mass is 303 g/mol. The van der Waals surface area contributed by atoms with Crippen LogP contribution >= 0.6 is 11.6 Å². The van der Waals surface area contributed by atoms with E-state index >= 15 is 0 Å². The van der Waals surface area contributed by atoms with Crippen LogP contribution in [0.15, 0.2) is 36.5 Å². The van der Waals surface area contributed by atoms with Crippen LogP contribution in [0, 0.1) is 0 Å². The molecule has 6 heteroatoms. The van der Waals surface area contributed by atoms with Crippen molar-refractivity contribution in [1.82, 2.24) is 14.9 Å². The zero-order chi connectivity index (χ0) is 14.7. The number of nitrogens with one attached hydrogen (secondary N) is 1. The van der Waals surface area contributed by atoms with Crippen LogP contribution in [0.5, 0.6) is 0 Å². The number of nitrogens with zero attached hydrogens (tertiary/aromatic N) is 4. The first-order chi connectivity index (χ1) is 10.2. The van der Waals surface area contributed by atoms with Gasteiger partial charge >= 0.3 is 0 Å². The van der Waals surface area contributed by atoms with Crippen molar-refractivity contribution >= 4 is 28.8 Å². The third-order valence-corrected chi connectivity index (χ3v) is 3.82. The highest BCUT2D eigenvalue weighted by atomic mass is 35.5. The van der Waals surface area contributed by atoms with Crippen LogP contribution in [-0.4, -0.2) is 48.1 Å². The first kappa shape index (κ1) is 14.1. The topological polar surface area (TPSA) is 44.3 Å². The van der Waals surface area contributed by atoms with Gasteiger partial charge in [-0.1, -0.05) is 0 Å². The molecule has 1 aromatic heterocycles. The van der Waals surface area contributed by atoms with Crippen molar-refractivity contribution in [1.29, 1.82) is 0 Å². The summed E-state index contributed by atoms with van der Waals surface area (Å²) in [6.07, 6.45) is 1.64. The van der Waals surface area contributed by atoms with Crippen molar-refractivity contribution in [2.75, 3.05) is 43.4 Å². The lowest BCUT2D eigenvalue weighted by Crippen LogP contribution is -2.44. The summed E-state index contributed by atoms with van der Waals surface area (Å²) < 4.78 is 0. The minimum absolute atomic E-state index is 0.244. The van der Waals surface area contributed by atoms with Crippen molar-refractivity contribution in [3.63, 3.8) is 0 Å². The van der Waals surface area contributed by atoms with E-state index in [0.717, 1.165) is 31.9 Å². The molecule has 0 atom stereocenters. The summed E-state index contributed by atoms with van der Waals surface area (Å²) in [5, 5.41) is 3.46. The average molecular weight is 304 g/mol. The average Bonchev–Trinajstić information content (AvgIpc) is 2.49. The highest BCUT2D eigenvalue weighted by Crippen LogP contribution is 2.21. The number of hydrogen-bond donors (Lipinski definition) is 1. The Morgan fingerprint density at radius 2 is 1.76 bits per heavy atom. The van der Waals surface area contributed by atoms with Crippen LogP contribution in [0.2, 0.25) is 5.28 Å². The van der Waals surface area contributed by atoms with Gasteiger partial charge in [0.2, 0.25) is 5.28 Å². The molecule has 0 unspecified atom stereocenters. The Morgan fingerprint density at radius 1 is 1.05 bits per heavy atom. The highest BCUT2D eigenvalue weighted by molar-refractivity contribution is 6.28. The van der Waals surface area contributed by atoms with Gasteiger partial charge in [-0.05, 0) is 49.0 Å². The summed E-state index contributed by atoms with van der Waals surface area (Å²) in [6, 6.07) is 10.2. The fourth-order valence-corrected chi connectivity index (χ4v) is 2.52. The number of likely N-dealkylation sites (N-methyl/N-ethyl adjacent to an activating group) is 1. The number of aromatic nitrogens is 2. The third-order valence-electron chi connectivity index (χ3n) is 3.63. The third kappa shape index (κ3) is 3.62. The van der Waals surface area contributed by atoms with Gasteiger partial charge in [-0.3, -0.25) is 0 Å². The second kappa shape index (κ2) is 6.28. The Balaban J connectivity index is 1.66. The maximum atomic E-state index is 5.78. The first-order valence-corrected chi connectivity index (χ1v) is 7.38. The summed E-state index contributed by atoms with van der Waals surface area (Å²) in [5.74, 6) is 0.697. The molecule has 1 fully saturated rings. The normalized spacial score (nSPS) is 16.0. The second-order valence-corrected chi connectivity index (χ2v) is 5.51. The number of piperazine rings is 1. The molecule has 0 aliphatic carbocycles.